The number of carbonyl (C=O) groups is 1. The van der Waals surface area contributed by atoms with Crippen LogP contribution in [0.3, 0.4) is 0 Å². The lowest BCUT2D eigenvalue weighted by Gasteiger charge is -2.06. The van der Waals surface area contributed by atoms with Gasteiger partial charge in [0.15, 0.2) is 0 Å². The summed E-state index contributed by atoms with van der Waals surface area (Å²) in [5, 5.41) is 5.94. The number of hydrogen-bond donors (Lipinski definition) is 0. The topological polar surface area (TPSA) is 44.1 Å². The van der Waals surface area contributed by atoms with Crippen molar-refractivity contribution in [3.8, 4) is 11.4 Å². The van der Waals surface area contributed by atoms with Crippen LogP contribution in [0.25, 0.3) is 16.6 Å². The van der Waals surface area contributed by atoms with Crippen LogP contribution in [0.5, 0.6) is 5.75 Å². The largest absolute Gasteiger partial charge is 0.427 e. The van der Waals surface area contributed by atoms with Crippen molar-refractivity contribution in [1.82, 2.24) is 9.78 Å². The maximum Gasteiger partial charge on any atom is 0.308 e. The van der Waals surface area contributed by atoms with Crippen LogP contribution in [-0.2, 0) is 4.79 Å². The second kappa shape index (κ2) is 5.50. The van der Waals surface area contributed by atoms with Crippen LogP contribution in [-0.4, -0.2) is 15.7 Å². The summed E-state index contributed by atoms with van der Waals surface area (Å²) < 4.78 is 7.70. The quantitative estimate of drug-likeness (QED) is 0.500. The number of hydrogen-bond acceptors (Lipinski definition) is 3. The van der Waals surface area contributed by atoms with Crippen LogP contribution < -0.4 is 4.74 Å². The molecule has 0 radical (unpaired) electrons. The molecule has 0 amide bonds. The van der Waals surface area contributed by atoms with Gasteiger partial charge in [0.1, 0.15) is 5.75 Å². The first-order chi connectivity index (χ1) is 10.0. The number of fused-ring (bicyclic) bond motifs is 1. The average molecular weight is 366 g/mol. The highest BCUT2D eigenvalue weighted by atomic mass is 79.9. The lowest BCUT2D eigenvalue weighted by molar-refractivity contribution is -0.131. The highest BCUT2D eigenvalue weighted by Gasteiger charge is 2.09. The third-order valence-corrected chi connectivity index (χ3v) is 3.69. The third kappa shape index (κ3) is 2.94. The molecule has 0 aliphatic heterocycles. The number of nitrogens with zero attached hydrogens (tertiary/aromatic N) is 2. The zero-order chi connectivity index (χ0) is 15.0. The summed E-state index contributed by atoms with van der Waals surface area (Å²) in [7, 11) is 0. The van der Waals surface area contributed by atoms with Crippen LogP contribution in [0.1, 0.15) is 6.92 Å². The van der Waals surface area contributed by atoms with Gasteiger partial charge in [-0.15, -0.1) is 0 Å². The SMILES string of the molecule is CC(=O)Oc1ccc(-n2cc3cc(Br)ccc3n2)c(Cl)c1. The van der Waals surface area contributed by atoms with Gasteiger partial charge >= 0.3 is 5.97 Å². The van der Waals surface area contributed by atoms with Crippen molar-refractivity contribution in [2.24, 2.45) is 0 Å². The molecule has 2 aromatic carbocycles. The highest BCUT2D eigenvalue weighted by Crippen LogP contribution is 2.27. The number of rotatable bonds is 2. The zero-order valence-corrected chi connectivity index (χ0v) is 13.4. The van der Waals surface area contributed by atoms with E-state index in [1.54, 1.807) is 22.9 Å². The molecule has 106 valence electrons. The summed E-state index contributed by atoms with van der Waals surface area (Å²) in [5.41, 5.74) is 1.60. The summed E-state index contributed by atoms with van der Waals surface area (Å²) in [6.07, 6.45) is 1.90. The lowest BCUT2D eigenvalue weighted by atomic mass is 10.2. The van der Waals surface area contributed by atoms with E-state index in [9.17, 15) is 4.79 Å². The predicted molar refractivity (Wildman–Crippen MR) is 85.1 cm³/mol. The first-order valence-corrected chi connectivity index (χ1v) is 7.33. The molecule has 0 N–H and O–H groups in total. The standard InChI is InChI=1S/C15H10BrClN2O2/c1-9(20)21-12-3-5-15(13(17)7-12)19-8-10-6-11(16)2-4-14(10)18-19/h2-8H,1H3. The van der Waals surface area contributed by atoms with Gasteiger partial charge in [-0.25, -0.2) is 4.68 Å². The number of carbonyl (C=O) groups excluding carboxylic acids is 1. The van der Waals surface area contributed by atoms with E-state index >= 15 is 0 Å². The molecular weight excluding hydrogens is 356 g/mol. The minimum Gasteiger partial charge on any atom is -0.427 e. The van der Waals surface area contributed by atoms with Gasteiger partial charge in [-0.05, 0) is 30.3 Å². The van der Waals surface area contributed by atoms with Crippen LogP contribution in [0.4, 0.5) is 0 Å². The van der Waals surface area contributed by atoms with Gasteiger partial charge < -0.3 is 4.74 Å². The predicted octanol–water partition coefficient (Wildman–Crippen LogP) is 4.37. The molecule has 3 rings (SSSR count). The van der Waals surface area contributed by atoms with E-state index < -0.39 is 0 Å². The summed E-state index contributed by atoms with van der Waals surface area (Å²) in [6, 6.07) is 10.9. The first kappa shape index (κ1) is 14.1. The molecular formula is C15H10BrClN2O2. The molecule has 6 heteroatoms. The number of benzene rings is 2. The van der Waals surface area contributed by atoms with Crippen molar-refractivity contribution >= 4 is 44.4 Å². The van der Waals surface area contributed by atoms with Crippen LogP contribution >= 0.6 is 27.5 Å². The molecule has 0 fully saturated rings. The van der Waals surface area contributed by atoms with Gasteiger partial charge in [-0.1, -0.05) is 27.5 Å². The number of esters is 1. The van der Waals surface area contributed by atoms with Crippen molar-refractivity contribution in [3.05, 3.63) is 52.1 Å². The Bertz CT molecular complexity index is 845. The minimum atomic E-state index is -0.381. The third-order valence-electron chi connectivity index (χ3n) is 2.89. The van der Waals surface area contributed by atoms with Gasteiger partial charge in [0.05, 0.1) is 16.2 Å². The fourth-order valence-corrected chi connectivity index (χ4v) is 2.66. The summed E-state index contributed by atoms with van der Waals surface area (Å²) >= 11 is 9.68. The lowest BCUT2D eigenvalue weighted by Crippen LogP contribution is -2.02. The van der Waals surface area contributed by atoms with Crippen molar-refractivity contribution < 1.29 is 9.53 Å². The van der Waals surface area contributed by atoms with Gasteiger partial charge in [-0.3, -0.25) is 4.79 Å². The fourth-order valence-electron chi connectivity index (χ4n) is 2.02. The van der Waals surface area contributed by atoms with E-state index in [4.69, 9.17) is 16.3 Å². The Balaban J connectivity index is 2.03. The van der Waals surface area contributed by atoms with Crippen molar-refractivity contribution in [2.45, 2.75) is 6.92 Å². The number of halogens is 2. The van der Waals surface area contributed by atoms with Crippen molar-refractivity contribution in [3.63, 3.8) is 0 Å². The summed E-state index contributed by atoms with van der Waals surface area (Å²) in [6.45, 7) is 1.35. The molecule has 21 heavy (non-hydrogen) atoms. The van der Waals surface area contributed by atoms with Gasteiger partial charge in [-0.2, -0.15) is 5.10 Å². The van der Waals surface area contributed by atoms with Crippen molar-refractivity contribution in [1.29, 1.82) is 0 Å². The maximum atomic E-state index is 10.9. The molecule has 0 unspecified atom stereocenters. The van der Waals surface area contributed by atoms with Gasteiger partial charge in [0.2, 0.25) is 0 Å². The number of aromatic nitrogens is 2. The molecule has 0 saturated heterocycles. The molecule has 0 aliphatic carbocycles. The van der Waals surface area contributed by atoms with E-state index in [-0.39, 0.29) is 5.97 Å². The first-order valence-electron chi connectivity index (χ1n) is 6.16. The average Bonchev–Trinajstić information content (AvgIpc) is 2.80. The molecule has 1 aromatic heterocycles. The second-order valence-electron chi connectivity index (χ2n) is 4.48. The molecule has 3 aromatic rings. The van der Waals surface area contributed by atoms with Crippen LogP contribution in [0, 0.1) is 0 Å². The normalized spacial score (nSPS) is 10.8. The number of ether oxygens (including phenoxy) is 1. The van der Waals surface area contributed by atoms with Crippen LogP contribution in [0.2, 0.25) is 5.02 Å². The molecule has 0 saturated carbocycles. The Morgan fingerprint density at radius 1 is 1.29 bits per heavy atom. The van der Waals surface area contributed by atoms with E-state index in [1.165, 1.54) is 6.92 Å². The van der Waals surface area contributed by atoms with E-state index in [0.29, 0.717) is 10.8 Å². The molecule has 1 heterocycles. The maximum absolute atomic E-state index is 10.9. The van der Waals surface area contributed by atoms with E-state index in [0.717, 1.165) is 21.1 Å². The minimum absolute atomic E-state index is 0.381. The summed E-state index contributed by atoms with van der Waals surface area (Å²) in [5.74, 6) is 0.0317. The second-order valence-corrected chi connectivity index (χ2v) is 5.81. The van der Waals surface area contributed by atoms with E-state index in [2.05, 4.69) is 21.0 Å². The Hall–Kier alpha value is -1.85. The van der Waals surface area contributed by atoms with Crippen molar-refractivity contribution in [2.75, 3.05) is 0 Å². The van der Waals surface area contributed by atoms with E-state index in [1.807, 2.05) is 24.4 Å². The fraction of sp³-hybridized carbons (Fsp3) is 0.0667. The Morgan fingerprint density at radius 2 is 2.10 bits per heavy atom. The van der Waals surface area contributed by atoms with Crippen LogP contribution in [0.15, 0.2) is 47.1 Å². The monoisotopic (exact) mass is 364 g/mol. The smallest absolute Gasteiger partial charge is 0.308 e. The van der Waals surface area contributed by atoms with Gasteiger partial charge in [0.25, 0.3) is 0 Å². The highest BCUT2D eigenvalue weighted by molar-refractivity contribution is 9.10. The Kier molecular flexibility index (Phi) is 3.69. The Morgan fingerprint density at radius 3 is 2.81 bits per heavy atom. The zero-order valence-electron chi connectivity index (χ0n) is 11.0. The molecule has 0 atom stereocenters. The summed E-state index contributed by atoms with van der Waals surface area (Å²) in [4.78, 5) is 10.9. The molecule has 0 bridgehead atoms. The Labute approximate surface area is 134 Å². The molecule has 0 aliphatic rings. The molecule has 4 nitrogen and oxygen atoms in total. The van der Waals surface area contributed by atoms with Gasteiger partial charge in [0, 0.05) is 29.0 Å². The molecule has 0 spiro atoms.